The number of rotatable bonds is 9. The third kappa shape index (κ3) is 5.21. The molecule has 0 atom stereocenters. The highest BCUT2D eigenvalue weighted by atomic mass is 32.2. The lowest BCUT2D eigenvalue weighted by Crippen LogP contribution is -2.15. The van der Waals surface area contributed by atoms with E-state index in [4.69, 9.17) is 4.74 Å². The van der Waals surface area contributed by atoms with Crippen molar-refractivity contribution in [3.63, 3.8) is 0 Å². The van der Waals surface area contributed by atoms with Crippen LogP contribution in [0.3, 0.4) is 0 Å². The van der Waals surface area contributed by atoms with E-state index in [0.29, 0.717) is 18.3 Å². The summed E-state index contributed by atoms with van der Waals surface area (Å²) >= 11 is 1.37. The zero-order valence-electron chi connectivity index (χ0n) is 16.1. The van der Waals surface area contributed by atoms with Gasteiger partial charge in [0.1, 0.15) is 0 Å². The van der Waals surface area contributed by atoms with E-state index >= 15 is 0 Å². The Balaban J connectivity index is 1.69. The molecule has 0 spiro atoms. The Morgan fingerprint density at radius 1 is 1.14 bits per heavy atom. The molecule has 0 bridgehead atoms. The number of carbonyl (C=O) groups is 1. The van der Waals surface area contributed by atoms with Gasteiger partial charge in [0, 0.05) is 18.4 Å². The van der Waals surface area contributed by atoms with Crippen LogP contribution in [0.15, 0.2) is 59.8 Å². The second-order valence-electron chi connectivity index (χ2n) is 6.21. The van der Waals surface area contributed by atoms with Gasteiger partial charge in [-0.1, -0.05) is 61.2 Å². The van der Waals surface area contributed by atoms with E-state index in [9.17, 15) is 4.79 Å². The van der Waals surface area contributed by atoms with Crippen molar-refractivity contribution >= 4 is 23.4 Å². The highest BCUT2D eigenvalue weighted by Crippen LogP contribution is 2.24. The molecular formula is C21H24N4O2S. The summed E-state index contributed by atoms with van der Waals surface area (Å²) in [6, 6.07) is 17.8. The van der Waals surface area contributed by atoms with Crippen LogP contribution in [0, 0.1) is 0 Å². The lowest BCUT2D eigenvalue weighted by Gasteiger charge is -2.10. The number of methoxy groups -OCH3 is 1. The van der Waals surface area contributed by atoms with E-state index in [1.54, 1.807) is 7.11 Å². The number of aromatic nitrogens is 3. The number of nitrogens with one attached hydrogen (secondary N) is 1. The standard InChI is InChI=1S/C21H24N4O2S/c1-3-16-8-7-11-18(14-16)22-19(26)15-28-21-24-23-20(25(21)12-13-27-2)17-9-5-4-6-10-17/h4-11,14H,3,12-13,15H2,1-2H3,(H,22,26). The Bertz CT molecular complexity index is 912. The first-order valence-electron chi connectivity index (χ1n) is 9.20. The molecule has 2 aromatic carbocycles. The van der Waals surface area contributed by atoms with Crippen LogP contribution < -0.4 is 5.32 Å². The zero-order valence-corrected chi connectivity index (χ0v) is 16.9. The van der Waals surface area contributed by atoms with Gasteiger partial charge in [-0.05, 0) is 24.1 Å². The number of nitrogens with zero attached hydrogens (tertiary/aromatic N) is 3. The number of hydrogen-bond acceptors (Lipinski definition) is 5. The molecule has 3 aromatic rings. The summed E-state index contributed by atoms with van der Waals surface area (Å²) in [5.74, 6) is 0.966. The first-order valence-corrected chi connectivity index (χ1v) is 10.2. The minimum absolute atomic E-state index is 0.0687. The molecule has 1 aromatic heterocycles. The topological polar surface area (TPSA) is 69.0 Å². The number of ether oxygens (including phenoxy) is 1. The van der Waals surface area contributed by atoms with Crippen molar-refractivity contribution in [3.05, 3.63) is 60.2 Å². The maximum absolute atomic E-state index is 12.4. The molecule has 0 saturated heterocycles. The summed E-state index contributed by atoms with van der Waals surface area (Å²) in [7, 11) is 1.66. The Kier molecular flexibility index (Phi) is 7.22. The molecule has 0 aliphatic rings. The summed E-state index contributed by atoms with van der Waals surface area (Å²) in [6.07, 6.45) is 0.934. The minimum Gasteiger partial charge on any atom is -0.383 e. The fourth-order valence-corrected chi connectivity index (χ4v) is 3.54. The van der Waals surface area contributed by atoms with Crippen LogP contribution in [0.5, 0.6) is 0 Å². The smallest absolute Gasteiger partial charge is 0.234 e. The quantitative estimate of drug-likeness (QED) is 0.556. The van der Waals surface area contributed by atoms with Crippen molar-refractivity contribution in [2.75, 3.05) is 24.8 Å². The van der Waals surface area contributed by atoms with Crippen molar-refractivity contribution < 1.29 is 9.53 Å². The Morgan fingerprint density at radius 3 is 2.71 bits per heavy atom. The average molecular weight is 397 g/mol. The van der Waals surface area contributed by atoms with E-state index in [1.165, 1.54) is 17.3 Å². The lowest BCUT2D eigenvalue weighted by atomic mass is 10.1. The summed E-state index contributed by atoms with van der Waals surface area (Å²) in [5.41, 5.74) is 2.99. The van der Waals surface area contributed by atoms with E-state index in [0.717, 1.165) is 23.5 Å². The molecule has 146 valence electrons. The molecule has 0 radical (unpaired) electrons. The van der Waals surface area contributed by atoms with Crippen molar-refractivity contribution in [1.29, 1.82) is 0 Å². The largest absolute Gasteiger partial charge is 0.383 e. The van der Waals surface area contributed by atoms with Crippen LogP contribution in [-0.4, -0.2) is 40.1 Å². The molecule has 28 heavy (non-hydrogen) atoms. The fourth-order valence-electron chi connectivity index (χ4n) is 2.78. The molecule has 0 saturated carbocycles. The molecule has 1 heterocycles. The predicted molar refractivity (Wildman–Crippen MR) is 113 cm³/mol. The second-order valence-corrected chi connectivity index (χ2v) is 7.15. The van der Waals surface area contributed by atoms with Crippen molar-refractivity contribution in [1.82, 2.24) is 14.8 Å². The van der Waals surface area contributed by atoms with Gasteiger partial charge in [0.2, 0.25) is 5.91 Å². The Labute approximate surface area is 169 Å². The van der Waals surface area contributed by atoms with Gasteiger partial charge < -0.3 is 10.1 Å². The van der Waals surface area contributed by atoms with Crippen LogP contribution in [0.2, 0.25) is 0 Å². The third-order valence-corrected chi connectivity index (χ3v) is 5.19. The van der Waals surface area contributed by atoms with Gasteiger partial charge in [-0.2, -0.15) is 0 Å². The molecule has 7 heteroatoms. The third-order valence-electron chi connectivity index (χ3n) is 4.22. The molecule has 6 nitrogen and oxygen atoms in total. The molecule has 0 fully saturated rings. The zero-order chi connectivity index (χ0) is 19.8. The number of amides is 1. The van der Waals surface area contributed by atoms with Crippen LogP contribution in [0.4, 0.5) is 5.69 Å². The van der Waals surface area contributed by atoms with Crippen LogP contribution in [0.25, 0.3) is 11.4 Å². The van der Waals surface area contributed by atoms with Gasteiger partial charge in [-0.3, -0.25) is 9.36 Å². The van der Waals surface area contributed by atoms with Gasteiger partial charge in [-0.15, -0.1) is 10.2 Å². The number of aryl methyl sites for hydroxylation is 1. The number of hydrogen-bond donors (Lipinski definition) is 1. The van der Waals surface area contributed by atoms with Gasteiger partial charge in [0.25, 0.3) is 0 Å². The molecule has 0 aliphatic heterocycles. The minimum atomic E-state index is -0.0687. The predicted octanol–water partition coefficient (Wildman–Crippen LogP) is 3.88. The van der Waals surface area contributed by atoms with E-state index in [-0.39, 0.29) is 11.7 Å². The number of benzene rings is 2. The summed E-state index contributed by atoms with van der Waals surface area (Å²) < 4.78 is 7.22. The summed E-state index contributed by atoms with van der Waals surface area (Å²) in [5, 5.41) is 12.3. The Hall–Kier alpha value is -2.64. The van der Waals surface area contributed by atoms with Gasteiger partial charge in [0.15, 0.2) is 11.0 Å². The normalized spacial score (nSPS) is 10.8. The SMILES string of the molecule is CCc1cccc(NC(=O)CSc2nnc(-c3ccccc3)n2CCOC)c1. The van der Waals surface area contributed by atoms with E-state index < -0.39 is 0 Å². The number of carbonyl (C=O) groups excluding carboxylic acids is 1. The first-order chi connectivity index (χ1) is 13.7. The van der Waals surface area contributed by atoms with Gasteiger partial charge in [-0.25, -0.2) is 0 Å². The summed E-state index contributed by atoms with van der Waals surface area (Å²) in [4.78, 5) is 12.4. The highest BCUT2D eigenvalue weighted by molar-refractivity contribution is 7.99. The van der Waals surface area contributed by atoms with Crippen LogP contribution in [0.1, 0.15) is 12.5 Å². The molecule has 3 rings (SSSR count). The number of anilines is 1. The van der Waals surface area contributed by atoms with E-state index in [2.05, 4.69) is 22.4 Å². The molecular weight excluding hydrogens is 372 g/mol. The fraction of sp³-hybridized carbons (Fsp3) is 0.286. The van der Waals surface area contributed by atoms with Crippen molar-refractivity contribution in [3.8, 4) is 11.4 Å². The Morgan fingerprint density at radius 2 is 1.96 bits per heavy atom. The molecule has 1 amide bonds. The molecule has 0 aliphatic carbocycles. The van der Waals surface area contributed by atoms with Gasteiger partial charge in [0.05, 0.1) is 18.9 Å². The second kappa shape index (κ2) is 10.1. The lowest BCUT2D eigenvalue weighted by molar-refractivity contribution is -0.113. The summed E-state index contributed by atoms with van der Waals surface area (Å²) in [6.45, 7) is 3.26. The molecule has 0 unspecified atom stereocenters. The number of thioether (sulfide) groups is 1. The van der Waals surface area contributed by atoms with Crippen LogP contribution >= 0.6 is 11.8 Å². The highest BCUT2D eigenvalue weighted by Gasteiger charge is 2.15. The van der Waals surface area contributed by atoms with Crippen LogP contribution in [-0.2, 0) is 22.5 Å². The monoisotopic (exact) mass is 396 g/mol. The van der Waals surface area contributed by atoms with Crippen molar-refractivity contribution in [2.45, 2.75) is 25.0 Å². The maximum Gasteiger partial charge on any atom is 0.234 e. The van der Waals surface area contributed by atoms with Crippen molar-refractivity contribution in [2.24, 2.45) is 0 Å². The molecule has 1 N–H and O–H groups in total. The average Bonchev–Trinajstić information content (AvgIpc) is 3.14. The van der Waals surface area contributed by atoms with Gasteiger partial charge >= 0.3 is 0 Å². The maximum atomic E-state index is 12.4. The van der Waals surface area contributed by atoms with E-state index in [1.807, 2.05) is 59.2 Å². The first kappa shape index (κ1) is 20.1.